The van der Waals surface area contributed by atoms with Gasteiger partial charge in [0.15, 0.2) is 5.78 Å². The van der Waals surface area contributed by atoms with Gasteiger partial charge in [0.2, 0.25) is 5.91 Å². The van der Waals surface area contributed by atoms with Crippen molar-refractivity contribution in [2.45, 2.75) is 37.8 Å². The first-order valence-corrected chi connectivity index (χ1v) is 12.1. The average molecular weight is 491 g/mol. The third kappa shape index (κ3) is 4.20. The number of Topliss-reactive ketones (excluding diaryl/α,β-unsaturated/α-hetero) is 1. The summed E-state index contributed by atoms with van der Waals surface area (Å²) < 4.78 is 12.1. The second-order valence-electron chi connectivity index (χ2n) is 8.47. The number of carbonyl (C=O) groups is 3. The number of benzene rings is 1. The van der Waals surface area contributed by atoms with Crippen LogP contribution in [0.3, 0.4) is 0 Å². The Labute approximate surface area is 199 Å². The Bertz CT molecular complexity index is 1100. The summed E-state index contributed by atoms with van der Waals surface area (Å²) in [7, 11) is 0. The largest absolute Gasteiger partial charge is 0.489 e. The quantitative estimate of drug-likeness (QED) is 0.617. The highest BCUT2D eigenvalue weighted by Crippen LogP contribution is 2.42. The van der Waals surface area contributed by atoms with Crippen molar-refractivity contribution < 1.29 is 29.0 Å². The molecule has 1 aromatic carbocycles. The Morgan fingerprint density at radius 2 is 2.09 bits per heavy atom. The number of ketones is 1. The third-order valence-corrected chi connectivity index (χ3v) is 7.69. The molecule has 2 fully saturated rings. The first-order chi connectivity index (χ1) is 15.9. The van der Waals surface area contributed by atoms with Gasteiger partial charge in [-0.05, 0) is 43.0 Å². The number of hydrogen-bond donors (Lipinski definition) is 1. The van der Waals surface area contributed by atoms with Crippen LogP contribution in [0, 0.1) is 5.92 Å². The summed E-state index contributed by atoms with van der Waals surface area (Å²) in [4.78, 5) is 41.5. The van der Waals surface area contributed by atoms with E-state index in [9.17, 15) is 19.5 Å². The lowest BCUT2D eigenvalue weighted by Gasteiger charge is -2.34. The standard InChI is InChI=1S/C23H23ClN2O6S/c24-21-6-5-20(33-21)17(28)3-4-18-16-12-31-19-10-14(1-2-15(19)26(16)23(30)32-18)25-8-7-13(11-27)9-22(25)29/h1-2,5-6,10,13,16,18,27H,3-4,7-9,11-12H2/t13?,16-,18-/m0/s1. The van der Waals surface area contributed by atoms with E-state index in [1.807, 2.05) is 0 Å². The Hall–Kier alpha value is -2.62. The van der Waals surface area contributed by atoms with Crippen LogP contribution in [0.1, 0.15) is 35.4 Å². The number of anilines is 2. The number of thiophene rings is 1. The molecule has 3 atom stereocenters. The summed E-state index contributed by atoms with van der Waals surface area (Å²) in [5.41, 5.74) is 1.30. The van der Waals surface area contributed by atoms with Crippen molar-refractivity contribution in [3.8, 4) is 5.75 Å². The molecule has 10 heteroatoms. The first-order valence-electron chi connectivity index (χ1n) is 10.9. The number of aliphatic hydroxyl groups is 1. The van der Waals surface area contributed by atoms with Gasteiger partial charge >= 0.3 is 6.09 Å². The molecule has 33 heavy (non-hydrogen) atoms. The number of hydrogen-bond acceptors (Lipinski definition) is 7. The Kier molecular flexibility index (Phi) is 6.03. The van der Waals surface area contributed by atoms with Crippen LogP contribution in [0.25, 0.3) is 0 Å². The molecule has 2 amide bonds. The molecule has 1 aromatic heterocycles. The molecule has 8 nitrogen and oxygen atoms in total. The maximum absolute atomic E-state index is 12.7. The minimum absolute atomic E-state index is 0.00312. The molecule has 3 aliphatic rings. The highest BCUT2D eigenvalue weighted by molar-refractivity contribution is 7.18. The topological polar surface area (TPSA) is 96.4 Å². The van der Waals surface area contributed by atoms with Crippen LogP contribution in [-0.2, 0) is 9.53 Å². The Balaban J connectivity index is 1.28. The van der Waals surface area contributed by atoms with E-state index in [4.69, 9.17) is 21.1 Å². The summed E-state index contributed by atoms with van der Waals surface area (Å²) in [6, 6.07) is 8.42. The molecular formula is C23H23ClN2O6S. The lowest BCUT2D eigenvalue weighted by atomic mass is 9.96. The molecule has 0 spiro atoms. The lowest BCUT2D eigenvalue weighted by Crippen LogP contribution is -2.44. The van der Waals surface area contributed by atoms with Crippen molar-refractivity contribution in [3.05, 3.63) is 39.5 Å². The first kappa shape index (κ1) is 22.2. The molecule has 0 saturated carbocycles. The van der Waals surface area contributed by atoms with Gasteiger partial charge in [-0.1, -0.05) is 11.6 Å². The minimum atomic E-state index is -0.464. The minimum Gasteiger partial charge on any atom is -0.489 e. The monoisotopic (exact) mass is 490 g/mol. The van der Waals surface area contributed by atoms with Gasteiger partial charge in [0.05, 0.1) is 14.9 Å². The number of nitrogens with zero attached hydrogens (tertiary/aromatic N) is 2. The average Bonchev–Trinajstić information content (AvgIpc) is 3.40. The normalized spacial score (nSPS) is 24.2. The molecule has 0 radical (unpaired) electrons. The van der Waals surface area contributed by atoms with Crippen LogP contribution in [0.5, 0.6) is 5.75 Å². The SMILES string of the molecule is O=C(CC[C@@H]1OC(=O)N2c3ccc(N4CCC(CO)CC4=O)cc3OC[C@@H]12)c1ccc(Cl)s1. The highest BCUT2D eigenvalue weighted by atomic mass is 35.5. The van der Waals surface area contributed by atoms with Gasteiger partial charge in [-0.2, -0.15) is 0 Å². The van der Waals surface area contributed by atoms with Crippen LogP contribution < -0.4 is 14.5 Å². The molecule has 1 unspecified atom stereocenters. The van der Waals surface area contributed by atoms with Crippen LogP contribution in [0.15, 0.2) is 30.3 Å². The zero-order valence-electron chi connectivity index (χ0n) is 17.7. The second kappa shape index (κ2) is 8.96. The van der Waals surface area contributed by atoms with E-state index in [2.05, 4.69) is 0 Å². The predicted octanol–water partition coefficient (Wildman–Crippen LogP) is 3.89. The van der Waals surface area contributed by atoms with Crippen molar-refractivity contribution in [1.82, 2.24) is 0 Å². The number of aliphatic hydroxyl groups excluding tert-OH is 1. The van der Waals surface area contributed by atoms with Crippen LogP contribution in [-0.4, -0.2) is 54.8 Å². The molecule has 174 valence electrons. The highest BCUT2D eigenvalue weighted by Gasteiger charge is 2.46. The molecule has 0 bridgehead atoms. The maximum Gasteiger partial charge on any atom is 0.415 e. The summed E-state index contributed by atoms with van der Waals surface area (Å²) in [5.74, 6) is 0.454. The lowest BCUT2D eigenvalue weighted by molar-refractivity contribution is -0.121. The molecule has 3 aliphatic heterocycles. The molecule has 5 rings (SSSR count). The second-order valence-corrected chi connectivity index (χ2v) is 10.2. The van der Waals surface area contributed by atoms with Crippen molar-refractivity contribution in [3.63, 3.8) is 0 Å². The van der Waals surface area contributed by atoms with E-state index in [1.54, 1.807) is 40.1 Å². The van der Waals surface area contributed by atoms with Gasteiger partial charge in [0.25, 0.3) is 0 Å². The van der Waals surface area contributed by atoms with Crippen molar-refractivity contribution in [2.24, 2.45) is 5.92 Å². The zero-order chi connectivity index (χ0) is 23.1. The Morgan fingerprint density at radius 3 is 2.82 bits per heavy atom. The number of rotatable bonds is 6. The van der Waals surface area contributed by atoms with Crippen molar-refractivity contribution >= 4 is 52.1 Å². The van der Waals surface area contributed by atoms with Gasteiger partial charge in [-0.15, -0.1) is 11.3 Å². The number of piperidine rings is 1. The number of halogens is 1. The fourth-order valence-corrected chi connectivity index (χ4v) is 5.63. The molecule has 4 heterocycles. The number of amides is 2. The molecular weight excluding hydrogens is 468 g/mol. The summed E-state index contributed by atoms with van der Waals surface area (Å²) >= 11 is 7.15. The van der Waals surface area contributed by atoms with Gasteiger partial charge in [0.1, 0.15) is 24.5 Å². The number of carbonyl (C=O) groups excluding carboxylic acids is 3. The smallest absolute Gasteiger partial charge is 0.415 e. The molecule has 2 saturated heterocycles. The van der Waals surface area contributed by atoms with Crippen LogP contribution >= 0.6 is 22.9 Å². The predicted molar refractivity (Wildman–Crippen MR) is 124 cm³/mol. The molecule has 0 aliphatic carbocycles. The Morgan fingerprint density at radius 1 is 1.24 bits per heavy atom. The summed E-state index contributed by atoms with van der Waals surface area (Å²) in [6.07, 6.45) is 0.771. The summed E-state index contributed by atoms with van der Waals surface area (Å²) in [6.45, 7) is 0.786. The maximum atomic E-state index is 12.7. The molecule has 2 aromatic rings. The van der Waals surface area contributed by atoms with Gasteiger partial charge < -0.3 is 19.5 Å². The van der Waals surface area contributed by atoms with E-state index in [0.29, 0.717) is 45.7 Å². The van der Waals surface area contributed by atoms with Crippen LogP contribution in [0.2, 0.25) is 4.34 Å². The fourth-order valence-electron chi connectivity index (χ4n) is 4.62. The van der Waals surface area contributed by atoms with E-state index in [0.717, 1.165) is 6.42 Å². The fraction of sp³-hybridized carbons (Fsp3) is 0.435. The van der Waals surface area contributed by atoms with E-state index in [-0.39, 0.29) is 43.3 Å². The number of ether oxygens (including phenoxy) is 2. The van der Waals surface area contributed by atoms with E-state index in [1.165, 1.54) is 11.3 Å². The summed E-state index contributed by atoms with van der Waals surface area (Å²) in [5, 5.41) is 9.32. The number of fused-ring (bicyclic) bond motifs is 3. The molecule has 1 N–H and O–H groups in total. The van der Waals surface area contributed by atoms with Gasteiger partial charge in [-0.3, -0.25) is 14.5 Å². The zero-order valence-corrected chi connectivity index (χ0v) is 19.3. The number of cyclic esters (lactones) is 1. The van der Waals surface area contributed by atoms with Crippen molar-refractivity contribution in [2.75, 3.05) is 29.6 Å². The van der Waals surface area contributed by atoms with E-state index < -0.39 is 12.2 Å². The van der Waals surface area contributed by atoms with E-state index >= 15 is 0 Å². The third-order valence-electron chi connectivity index (χ3n) is 6.42. The van der Waals surface area contributed by atoms with Crippen LogP contribution in [0.4, 0.5) is 16.2 Å². The van der Waals surface area contributed by atoms with Crippen molar-refractivity contribution in [1.29, 1.82) is 0 Å². The van der Waals surface area contributed by atoms with Gasteiger partial charge in [-0.25, -0.2) is 4.79 Å². The van der Waals surface area contributed by atoms with Gasteiger partial charge in [0, 0.05) is 37.7 Å².